The first-order valence-electron chi connectivity index (χ1n) is 6.59. The zero-order valence-corrected chi connectivity index (χ0v) is 11.2. The quantitative estimate of drug-likeness (QED) is 0.566. The molecule has 20 heavy (non-hydrogen) atoms. The van der Waals surface area contributed by atoms with E-state index in [1.54, 1.807) is 24.6 Å². The van der Waals surface area contributed by atoms with Crippen molar-refractivity contribution in [2.24, 2.45) is 9.98 Å². The Morgan fingerprint density at radius 1 is 0.850 bits per heavy atom. The lowest BCUT2D eigenvalue weighted by atomic mass is 10.1. The van der Waals surface area contributed by atoms with Gasteiger partial charge >= 0.3 is 0 Å². The standard InChI is InChI=1S/C16H16N2O2/c19-15-7-3-1-5-13(15)11-17-9-10-18-12-14-6-2-4-8-16(14)20/h3-8,11-12H,1-2,9-10H2. The molecule has 0 saturated heterocycles. The van der Waals surface area contributed by atoms with Crippen LogP contribution in [0.5, 0.6) is 0 Å². The van der Waals surface area contributed by atoms with E-state index in [1.165, 1.54) is 0 Å². The van der Waals surface area contributed by atoms with E-state index < -0.39 is 0 Å². The van der Waals surface area contributed by atoms with Gasteiger partial charge in [-0.3, -0.25) is 19.6 Å². The minimum Gasteiger partial charge on any atom is -0.290 e. The molecular formula is C16H16N2O2. The van der Waals surface area contributed by atoms with Crippen molar-refractivity contribution in [3.8, 4) is 0 Å². The number of carbonyl (C=O) groups is 2. The molecule has 0 spiro atoms. The summed E-state index contributed by atoms with van der Waals surface area (Å²) < 4.78 is 0. The largest absolute Gasteiger partial charge is 0.290 e. The van der Waals surface area contributed by atoms with Crippen LogP contribution in [0.15, 0.2) is 57.6 Å². The van der Waals surface area contributed by atoms with Gasteiger partial charge in [0.1, 0.15) is 0 Å². The molecule has 0 aromatic rings. The molecule has 0 aromatic carbocycles. The minimum atomic E-state index is -0.00625. The molecule has 0 aliphatic heterocycles. The molecule has 102 valence electrons. The molecule has 0 fully saturated rings. The lowest BCUT2D eigenvalue weighted by Gasteiger charge is -2.01. The summed E-state index contributed by atoms with van der Waals surface area (Å²) in [5.74, 6) is -0.0125. The zero-order valence-electron chi connectivity index (χ0n) is 11.2. The number of hydrogen-bond acceptors (Lipinski definition) is 4. The van der Waals surface area contributed by atoms with Crippen LogP contribution in [0.1, 0.15) is 12.8 Å². The van der Waals surface area contributed by atoms with E-state index in [9.17, 15) is 9.59 Å². The van der Waals surface area contributed by atoms with Crippen LogP contribution in [0.4, 0.5) is 0 Å². The van der Waals surface area contributed by atoms with Crippen molar-refractivity contribution < 1.29 is 9.59 Å². The molecule has 0 radical (unpaired) electrons. The molecule has 0 N–H and O–H groups in total. The second-order valence-corrected chi connectivity index (χ2v) is 4.39. The summed E-state index contributed by atoms with van der Waals surface area (Å²) in [6, 6.07) is 0. The first-order valence-corrected chi connectivity index (χ1v) is 6.59. The van der Waals surface area contributed by atoms with E-state index in [2.05, 4.69) is 9.98 Å². The summed E-state index contributed by atoms with van der Waals surface area (Å²) in [5.41, 5.74) is 1.26. The van der Waals surface area contributed by atoms with Crippen LogP contribution in [-0.2, 0) is 9.59 Å². The van der Waals surface area contributed by atoms with Gasteiger partial charge < -0.3 is 0 Å². The fourth-order valence-electron chi connectivity index (χ4n) is 1.81. The van der Waals surface area contributed by atoms with E-state index in [4.69, 9.17) is 0 Å². The van der Waals surface area contributed by atoms with Crippen LogP contribution in [-0.4, -0.2) is 37.1 Å². The molecule has 2 rings (SSSR count). The highest BCUT2D eigenvalue weighted by Gasteiger charge is 2.06. The van der Waals surface area contributed by atoms with Crippen molar-refractivity contribution in [3.05, 3.63) is 47.6 Å². The second-order valence-electron chi connectivity index (χ2n) is 4.39. The maximum Gasteiger partial charge on any atom is 0.186 e. The van der Waals surface area contributed by atoms with Crippen molar-refractivity contribution in [3.63, 3.8) is 0 Å². The maximum atomic E-state index is 11.4. The van der Waals surface area contributed by atoms with Gasteiger partial charge in [-0.2, -0.15) is 0 Å². The number of carbonyl (C=O) groups excluding carboxylic acids is 2. The van der Waals surface area contributed by atoms with E-state index in [0.717, 1.165) is 12.8 Å². The predicted molar refractivity (Wildman–Crippen MR) is 80.4 cm³/mol. The van der Waals surface area contributed by atoms with Gasteiger partial charge in [-0.05, 0) is 25.0 Å². The summed E-state index contributed by atoms with van der Waals surface area (Å²) in [7, 11) is 0. The van der Waals surface area contributed by atoms with Gasteiger partial charge in [0.15, 0.2) is 11.6 Å². The molecule has 0 aromatic heterocycles. The SMILES string of the molecule is O=C1C=CCC=C1C=NCCN=CC1=CCC=CC1=O. The highest BCUT2D eigenvalue weighted by molar-refractivity contribution is 6.19. The van der Waals surface area contributed by atoms with E-state index in [0.29, 0.717) is 24.2 Å². The van der Waals surface area contributed by atoms with Crippen LogP contribution >= 0.6 is 0 Å². The molecular weight excluding hydrogens is 252 g/mol. The maximum absolute atomic E-state index is 11.4. The normalized spacial score (nSPS) is 19.0. The van der Waals surface area contributed by atoms with Crippen LogP contribution in [0.25, 0.3) is 0 Å². The van der Waals surface area contributed by atoms with Gasteiger partial charge in [0.25, 0.3) is 0 Å². The van der Waals surface area contributed by atoms with Crippen LogP contribution in [0.2, 0.25) is 0 Å². The van der Waals surface area contributed by atoms with Crippen LogP contribution in [0, 0.1) is 0 Å². The number of hydrogen-bond donors (Lipinski definition) is 0. The van der Waals surface area contributed by atoms with E-state index in [1.807, 2.05) is 24.3 Å². The smallest absolute Gasteiger partial charge is 0.186 e. The average Bonchev–Trinajstić information content (AvgIpc) is 2.46. The lowest BCUT2D eigenvalue weighted by molar-refractivity contribution is -0.111. The summed E-state index contributed by atoms with van der Waals surface area (Å²) in [4.78, 5) is 31.2. The molecule has 0 saturated carbocycles. The Morgan fingerprint density at radius 2 is 1.30 bits per heavy atom. The van der Waals surface area contributed by atoms with Crippen molar-refractivity contribution in [2.75, 3.05) is 13.1 Å². The van der Waals surface area contributed by atoms with Crippen molar-refractivity contribution in [1.29, 1.82) is 0 Å². The number of nitrogens with zero attached hydrogens (tertiary/aromatic N) is 2. The number of ketones is 2. The van der Waals surface area contributed by atoms with Gasteiger partial charge in [-0.25, -0.2) is 0 Å². The first-order chi connectivity index (χ1) is 9.77. The monoisotopic (exact) mass is 268 g/mol. The Bertz CT molecular complexity index is 523. The third kappa shape index (κ3) is 4.09. The molecule has 2 aliphatic rings. The van der Waals surface area contributed by atoms with E-state index >= 15 is 0 Å². The highest BCUT2D eigenvalue weighted by Crippen LogP contribution is 2.05. The Labute approximate surface area is 118 Å². The molecule has 2 aliphatic carbocycles. The van der Waals surface area contributed by atoms with E-state index in [-0.39, 0.29) is 11.6 Å². The predicted octanol–water partition coefficient (Wildman–Crippen LogP) is 2.04. The van der Waals surface area contributed by atoms with Crippen molar-refractivity contribution >= 4 is 24.0 Å². The second kappa shape index (κ2) is 7.28. The van der Waals surface area contributed by atoms with Gasteiger partial charge in [0.05, 0.1) is 13.1 Å². The fraction of sp³-hybridized carbons (Fsp3) is 0.250. The number of allylic oxidation sites excluding steroid dienone is 8. The molecule has 0 amide bonds. The van der Waals surface area contributed by atoms with Crippen LogP contribution in [0.3, 0.4) is 0 Å². The molecule has 0 unspecified atom stereocenters. The Morgan fingerprint density at radius 3 is 1.70 bits per heavy atom. The van der Waals surface area contributed by atoms with Gasteiger partial charge in [-0.1, -0.05) is 24.3 Å². The average molecular weight is 268 g/mol. The zero-order chi connectivity index (χ0) is 14.2. The van der Waals surface area contributed by atoms with Crippen molar-refractivity contribution in [1.82, 2.24) is 0 Å². The summed E-state index contributed by atoms with van der Waals surface area (Å²) >= 11 is 0. The van der Waals surface area contributed by atoms with Gasteiger partial charge in [0.2, 0.25) is 0 Å². The molecule has 0 heterocycles. The number of rotatable bonds is 5. The Balaban J connectivity index is 1.74. The molecule has 0 atom stereocenters. The summed E-state index contributed by atoms with van der Waals surface area (Å²) in [6.07, 6.45) is 15.2. The third-order valence-electron chi connectivity index (χ3n) is 2.87. The first kappa shape index (κ1) is 14.1. The molecule has 4 heteroatoms. The molecule has 4 nitrogen and oxygen atoms in total. The summed E-state index contributed by atoms with van der Waals surface area (Å²) in [5, 5.41) is 0. The summed E-state index contributed by atoms with van der Waals surface area (Å²) in [6.45, 7) is 1.00. The third-order valence-corrected chi connectivity index (χ3v) is 2.87. The van der Waals surface area contributed by atoms with Crippen LogP contribution < -0.4 is 0 Å². The topological polar surface area (TPSA) is 58.9 Å². The molecule has 0 bridgehead atoms. The number of aliphatic imine (C=N–C) groups is 2. The highest BCUT2D eigenvalue weighted by atomic mass is 16.1. The lowest BCUT2D eigenvalue weighted by Crippen LogP contribution is -2.04. The van der Waals surface area contributed by atoms with Gasteiger partial charge in [0, 0.05) is 23.6 Å². The Hall–Kier alpha value is -2.36. The Kier molecular flexibility index (Phi) is 5.12. The fourth-order valence-corrected chi connectivity index (χ4v) is 1.81. The minimum absolute atomic E-state index is 0.00625. The van der Waals surface area contributed by atoms with Gasteiger partial charge in [-0.15, -0.1) is 0 Å². The van der Waals surface area contributed by atoms with Crippen molar-refractivity contribution in [2.45, 2.75) is 12.8 Å².